The molecule has 1 saturated heterocycles. The van der Waals surface area contributed by atoms with Gasteiger partial charge in [0.05, 0.1) is 5.56 Å². The van der Waals surface area contributed by atoms with Gasteiger partial charge in [-0.1, -0.05) is 48.5 Å². The monoisotopic (exact) mass is 507 g/mol. The minimum Gasteiger partial charge on any atom is -0.480 e. The first-order valence-electron chi connectivity index (χ1n) is 11.9. The predicted octanol–water partition coefficient (Wildman–Crippen LogP) is 6.35. The maximum atomic E-state index is 13.9. The van der Waals surface area contributed by atoms with Gasteiger partial charge < -0.3 is 9.52 Å². The number of rotatable bonds is 6. The van der Waals surface area contributed by atoms with Crippen LogP contribution < -0.4 is 0 Å². The van der Waals surface area contributed by atoms with Crippen LogP contribution in [-0.4, -0.2) is 45.3 Å². The number of hydrogen-bond donors (Lipinski definition) is 1. The van der Waals surface area contributed by atoms with E-state index in [-0.39, 0.29) is 28.8 Å². The minimum absolute atomic E-state index is 0.00159. The summed E-state index contributed by atoms with van der Waals surface area (Å²) in [5, 5.41) is 17.3. The molecule has 0 aliphatic carbocycles. The van der Waals surface area contributed by atoms with E-state index in [1.807, 2.05) is 29.2 Å². The van der Waals surface area contributed by atoms with Crippen molar-refractivity contribution in [2.24, 2.45) is 0 Å². The normalized spacial score (nSPS) is 17.1. The second-order valence-electron chi connectivity index (χ2n) is 9.15. The van der Waals surface area contributed by atoms with Crippen molar-refractivity contribution in [1.29, 1.82) is 0 Å². The highest BCUT2D eigenvalue weighted by atomic mass is 19.4. The van der Waals surface area contributed by atoms with E-state index in [9.17, 15) is 23.1 Å². The van der Waals surface area contributed by atoms with Gasteiger partial charge in [-0.3, -0.25) is 9.69 Å². The fourth-order valence-corrected chi connectivity index (χ4v) is 4.70. The predicted molar refractivity (Wildman–Crippen MR) is 132 cm³/mol. The molecule has 0 saturated carbocycles. The van der Waals surface area contributed by atoms with E-state index < -0.39 is 23.8 Å². The lowest BCUT2D eigenvalue weighted by Gasteiger charge is -2.20. The number of likely N-dealkylation sites (tertiary alicyclic amines) is 1. The summed E-state index contributed by atoms with van der Waals surface area (Å²) in [5.74, 6) is -0.411. The summed E-state index contributed by atoms with van der Waals surface area (Å²) in [6.45, 7) is 3.07. The number of halogens is 3. The Kier molecular flexibility index (Phi) is 6.55. The number of carboxylic acids is 1. The summed E-state index contributed by atoms with van der Waals surface area (Å²) in [5.41, 5.74) is 1.68. The second-order valence-corrected chi connectivity index (χ2v) is 9.15. The third kappa shape index (κ3) is 5.13. The molecule has 0 amide bonds. The first-order valence-corrected chi connectivity index (χ1v) is 11.9. The van der Waals surface area contributed by atoms with Crippen LogP contribution in [0.25, 0.3) is 34.0 Å². The molecule has 1 aliphatic heterocycles. The molecule has 2 unspecified atom stereocenters. The fourth-order valence-electron chi connectivity index (χ4n) is 4.70. The number of nitrogens with zero attached hydrogens (tertiary/aromatic N) is 3. The zero-order valence-electron chi connectivity index (χ0n) is 19.9. The Labute approximate surface area is 211 Å². The molecule has 4 aromatic rings. The molecular weight excluding hydrogens is 483 g/mol. The van der Waals surface area contributed by atoms with Crippen molar-refractivity contribution in [1.82, 2.24) is 15.1 Å². The van der Waals surface area contributed by atoms with Crippen LogP contribution in [0.1, 0.15) is 30.4 Å². The van der Waals surface area contributed by atoms with Gasteiger partial charge >= 0.3 is 12.1 Å². The number of carboxylic acid groups (broad SMARTS) is 1. The third-order valence-corrected chi connectivity index (χ3v) is 6.84. The van der Waals surface area contributed by atoms with Gasteiger partial charge in [0.1, 0.15) is 6.04 Å². The summed E-state index contributed by atoms with van der Waals surface area (Å²) < 4.78 is 47.4. The lowest BCUT2D eigenvalue weighted by molar-refractivity contribution is -0.142. The number of aromatic nitrogens is 2. The largest absolute Gasteiger partial charge is 0.480 e. The Morgan fingerprint density at radius 1 is 0.973 bits per heavy atom. The quantitative estimate of drug-likeness (QED) is 0.328. The topological polar surface area (TPSA) is 79.5 Å². The van der Waals surface area contributed by atoms with Gasteiger partial charge in [-0.05, 0) is 66.8 Å². The zero-order valence-corrected chi connectivity index (χ0v) is 19.9. The van der Waals surface area contributed by atoms with Crippen LogP contribution in [-0.2, 0) is 11.0 Å². The van der Waals surface area contributed by atoms with E-state index in [0.717, 1.165) is 24.6 Å². The van der Waals surface area contributed by atoms with Crippen molar-refractivity contribution in [3.8, 4) is 34.0 Å². The Balaban J connectivity index is 1.36. The van der Waals surface area contributed by atoms with Gasteiger partial charge in [0.25, 0.3) is 0 Å². The smallest absolute Gasteiger partial charge is 0.417 e. The molecule has 6 nitrogen and oxygen atoms in total. The first kappa shape index (κ1) is 24.7. The second kappa shape index (κ2) is 9.82. The van der Waals surface area contributed by atoms with Crippen molar-refractivity contribution < 1.29 is 27.5 Å². The molecule has 37 heavy (non-hydrogen) atoms. The SMILES string of the molecule is CC(C(=O)O)N1CCC(c2ccc(-c3nnc(-c4ccc(-c5ccccc5)c(C(F)(F)F)c4)o3)cc2)C1. The molecule has 0 radical (unpaired) electrons. The van der Waals surface area contributed by atoms with Crippen LogP contribution in [0.2, 0.25) is 0 Å². The number of carbonyl (C=O) groups is 1. The summed E-state index contributed by atoms with van der Waals surface area (Å²) >= 11 is 0. The van der Waals surface area contributed by atoms with E-state index in [2.05, 4.69) is 10.2 Å². The maximum absolute atomic E-state index is 13.9. The van der Waals surface area contributed by atoms with Crippen LogP contribution in [0, 0.1) is 0 Å². The number of benzene rings is 3. The molecule has 9 heteroatoms. The molecular formula is C28H24F3N3O3. The summed E-state index contributed by atoms with van der Waals surface area (Å²) in [6, 6.07) is 19.4. The molecule has 0 spiro atoms. The summed E-state index contributed by atoms with van der Waals surface area (Å²) in [6.07, 6.45) is -3.69. The third-order valence-electron chi connectivity index (χ3n) is 6.84. The van der Waals surface area contributed by atoms with Crippen LogP contribution in [0.3, 0.4) is 0 Å². The lowest BCUT2D eigenvalue weighted by atomic mass is 9.97. The van der Waals surface area contributed by atoms with E-state index in [4.69, 9.17) is 4.42 Å². The molecule has 1 N–H and O–H groups in total. The summed E-state index contributed by atoms with van der Waals surface area (Å²) in [4.78, 5) is 13.2. The molecule has 1 fully saturated rings. The Bertz CT molecular complexity index is 1400. The standard InChI is InChI=1S/C28H24F3N3O3/c1-17(27(35)36)34-14-13-22(16-34)18-7-9-20(10-8-18)25-32-33-26(37-25)21-11-12-23(19-5-3-2-4-6-19)24(15-21)28(29,30)31/h2-12,15,17,22H,13-14,16H2,1H3,(H,35,36). The maximum Gasteiger partial charge on any atom is 0.417 e. The van der Waals surface area contributed by atoms with Crippen LogP contribution >= 0.6 is 0 Å². The molecule has 3 aromatic carbocycles. The average Bonchev–Trinajstić information content (AvgIpc) is 3.59. The van der Waals surface area contributed by atoms with Crippen molar-refractivity contribution in [3.05, 3.63) is 83.9 Å². The molecule has 2 heterocycles. The molecule has 2 atom stereocenters. The Morgan fingerprint density at radius 3 is 2.27 bits per heavy atom. The van der Waals surface area contributed by atoms with Crippen molar-refractivity contribution >= 4 is 5.97 Å². The lowest BCUT2D eigenvalue weighted by Crippen LogP contribution is -2.37. The zero-order chi connectivity index (χ0) is 26.2. The van der Waals surface area contributed by atoms with Gasteiger partial charge in [0.2, 0.25) is 11.8 Å². The van der Waals surface area contributed by atoms with Gasteiger partial charge in [0.15, 0.2) is 0 Å². The number of aliphatic carboxylic acids is 1. The van der Waals surface area contributed by atoms with E-state index >= 15 is 0 Å². The molecule has 0 bridgehead atoms. The molecule has 1 aliphatic rings. The van der Waals surface area contributed by atoms with Crippen molar-refractivity contribution in [2.75, 3.05) is 13.1 Å². The van der Waals surface area contributed by atoms with Gasteiger partial charge in [-0.2, -0.15) is 13.2 Å². The van der Waals surface area contributed by atoms with Gasteiger partial charge in [-0.15, -0.1) is 10.2 Å². The van der Waals surface area contributed by atoms with Crippen LogP contribution in [0.5, 0.6) is 0 Å². The first-order chi connectivity index (χ1) is 17.7. The van der Waals surface area contributed by atoms with Gasteiger partial charge in [-0.25, -0.2) is 0 Å². The highest BCUT2D eigenvalue weighted by Crippen LogP contribution is 2.39. The van der Waals surface area contributed by atoms with Crippen molar-refractivity contribution in [3.63, 3.8) is 0 Å². The molecule has 1 aromatic heterocycles. The summed E-state index contributed by atoms with van der Waals surface area (Å²) in [7, 11) is 0. The average molecular weight is 508 g/mol. The number of alkyl halides is 3. The van der Waals surface area contributed by atoms with Crippen molar-refractivity contribution in [2.45, 2.75) is 31.5 Å². The van der Waals surface area contributed by atoms with Crippen LogP contribution in [0.15, 0.2) is 77.2 Å². The highest BCUT2D eigenvalue weighted by molar-refractivity contribution is 5.73. The van der Waals surface area contributed by atoms with Gasteiger partial charge in [0, 0.05) is 17.7 Å². The minimum atomic E-state index is -4.56. The van der Waals surface area contributed by atoms with E-state index in [0.29, 0.717) is 17.7 Å². The highest BCUT2D eigenvalue weighted by Gasteiger charge is 2.34. The van der Waals surface area contributed by atoms with Crippen LogP contribution in [0.4, 0.5) is 13.2 Å². The fraction of sp³-hybridized carbons (Fsp3) is 0.250. The Morgan fingerprint density at radius 2 is 1.62 bits per heavy atom. The molecule has 5 rings (SSSR count). The molecule has 190 valence electrons. The Hall–Kier alpha value is -3.98. The number of hydrogen-bond acceptors (Lipinski definition) is 5. The van der Waals surface area contributed by atoms with E-state index in [1.165, 1.54) is 6.07 Å². The van der Waals surface area contributed by atoms with E-state index in [1.54, 1.807) is 43.3 Å².